The molecule has 0 aliphatic heterocycles. The van der Waals surface area contributed by atoms with Crippen LogP contribution in [0.3, 0.4) is 0 Å². The van der Waals surface area contributed by atoms with Crippen LogP contribution in [0.5, 0.6) is 5.75 Å². The van der Waals surface area contributed by atoms with E-state index in [9.17, 15) is 9.90 Å². The van der Waals surface area contributed by atoms with Crippen molar-refractivity contribution in [2.24, 2.45) is 0 Å². The van der Waals surface area contributed by atoms with E-state index in [1.165, 1.54) is 96.2 Å². The van der Waals surface area contributed by atoms with Gasteiger partial charge in [0.2, 0.25) is 0 Å². The molecule has 1 atom stereocenters. The fourth-order valence-corrected chi connectivity index (χ4v) is 4.47. The Bertz CT molecular complexity index is 777. The SMILES string of the molecule is CCCCCCCCCCCCCCCCC(C)c1ccc(O)c2c(=O)occc12. The van der Waals surface area contributed by atoms with Gasteiger partial charge in [-0.25, -0.2) is 4.79 Å². The van der Waals surface area contributed by atoms with Gasteiger partial charge in [0, 0.05) is 0 Å². The lowest BCUT2D eigenvalue weighted by atomic mass is 9.91. The van der Waals surface area contributed by atoms with Crippen LogP contribution in [0.25, 0.3) is 10.8 Å². The van der Waals surface area contributed by atoms with Gasteiger partial charge in [0.25, 0.3) is 0 Å². The van der Waals surface area contributed by atoms with Crippen molar-refractivity contribution in [2.45, 2.75) is 116 Å². The predicted octanol–water partition coefficient (Wildman–Crippen LogP) is 8.47. The van der Waals surface area contributed by atoms with Gasteiger partial charge in [-0.15, -0.1) is 0 Å². The highest BCUT2D eigenvalue weighted by atomic mass is 16.4. The standard InChI is InChI=1S/C27H42O3/c1-3-4-5-6-7-8-9-10-11-12-13-14-15-16-17-22(2)23-18-19-25(28)26-24(23)20-21-30-27(26)29/h18-22,28H,3-17H2,1-2H3. The van der Waals surface area contributed by atoms with Crippen LogP contribution in [0.2, 0.25) is 0 Å². The number of fused-ring (bicyclic) bond motifs is 1. The third-order valence-electron chi connectivity index (χ3n) is 6.39. The molecule has 2 rings (SSSR count). The summed E-state index contributed by atoms with van der Waals surface area (Å²) in [5, 5.41) is 11.1. The highest BCUT2D eigenvalue weighted by Gasteiger charge is 2.14. The van der Waals surface area contributed by atoms with Crippen molar-refractivity contribution in [3.63, 3.8) is 0 Å². The van der Waals surface area contributed by atoms with Gasteiger partial charge in [0.1, 0.15) is 11.1 Å². The Hall–Kier alpha value is -1.77. The molecule has 1 N–H and O–H groups in total. The summed E-state index contributed by atoms with van der Waals surface area (Å²) in [6.45, 7) is 4.49. The van der Waals surface area contributed by atoms with Gasteiger partial charge in [0.05, 0.1) is 6.26 Å². The minimum atomic E-state index is -0.462. The van der Waals surface area contributed by atoms with Crippen LogP contribution in [0, 0.1) is 0 Å². The average Bonchev–Trinajstić information content (AvgIpc) is 2.74. The van der Waals surface area contributed by atoms with Crippen molar-refractivity contribution >= 4 is 10.8 Å². The number of rotatable bonds is 16. The topological polar surface area (TPSA) is 50.4 Å². The fourth-order valence-electron chi connectivity index (χ4n) is 4.47. The molecule has 1 unspecified atom stereocenters. The molecule has 0 radical (unpaired) electrons. The molecule has 0 saturated carbocycles. The van der Waals surface area contributed by atoms with Gasteiger partial charge in [0.15, 0.2) is 0 Å². The zero-order valence-corrected chi connectivity index (χ0v) is 19.3. The summed E-state index contributed by atoms with van der Waals surface area (Å²) >= 11 is 0. The van der Waals surface area contributed by atoms with Crippen LogP contribution in [0.4, 0.5) is 0 Å². The van der Waals surface area contributed by atoms with Gasteiger partial charge in [-0.05, 0) is 35.4 Å². The van der Waals surface area contributed by atoms with Crippen LogP contribution in [-0.4, -0.2) is 5.11 Å². The Morgan fingerprint density at radius 2 is 1.33 bits per heavy atom. The number of phenolic OH excluding ortho intramolecular Hbond substituents is 1. The van der Waals surface area contributed by atoms with E-state index in [1.807, 2.05) is 6.07 Å². The normalized spacial score (nSPS) is 12.5. The summed E-state index contributed by atoms with van der Waals surface area (Å²) < 4.78 is 4.93. The Labute approximate surface area is 182 Å². The van der Waals surface area contributed by atoms with Crippen molar-refractivity contribution in [1.82, 2.24) is 0 Å². The van der Waals surface area contributed by atoms with E-state index in [0.717, 1.165) is 17.4 Å². The van der Waals surface area contributed by atoms with Gasteiger partial charge >= 0.3 is 5.63 Å². The van der Waals surface area contributed by atoms with E-state index in [1.54, 1.807) is 12.1 Å². The Balaban J connectivity index is 1.56. The molecule has 0 spiro atoms. The van der Waals surface area contributed by atoms with Crippen LogP contribution in [0.1, 0.15) is 122 Å². The first-order valence-corrected chi connectivity index (χ1v) is 12.4. The van der Waals surface area contributed by atoms with Crippen LogP contribution in [-0.2, 0) is 0 Å². The monoisotopic (exact) mass is 414 g/mol. The first-order valence-electron chi connectivity index (χ1n) is 12.4. The van der Waals surface area contributed by atoms with Crippen molar-refractivity contribution in [3.8, 4) is 5.75 Å². The minimum Gasteiger partial charge on any atom is -0.507 e. The zero-order valence-electron chi connectivity index (χ0n) is 19.3. The molecule has 3 nitrogen and oxygen atoms in total. The summed E-state index contributed by atoms with van der Waals surface area (Å²) in [6, 6.07) is 5.37. The molecule has 0 aliphatic rings. The Kier molecular flexibility index (Phi) is 11.7. The van der Waals surface area contributed by atoms with Crippen LogP contribution >= 0.6 is 0 Å². The number of unbranched alkanes of at least 4 members (excludes halogenated alkanes) is 13. The third-order valence-corrected chi connectivity index (χ3v) is 6.39. The van der Waals surface area contributed by atoms with E-state index < -0.39 is 5.63 Å². The lowest BCUT2D eigenvalue weighted by Gasteiger charge is -2.15. The summed E-state index contributed by atoms with van der Waals surface area (Å²) in [4.78, 5) is 11.9. The molecule has 2 aromatic rings. The molecule has 0 amide bonds. The predicted molar refractivity (Wildman–Crippen MR) is 127 cm³/mol. The molecule has 0 saturated heterocycles. The summed E-state index contributed by atoms with van der Waals surface area (Å²) in [7, 11) is 0. The molecular weight excluding hydrogens is 372 g/mol. The minimum absolute atomic E-state index is 0.00629. The maximum Gasteiger partial charge on any atom is 0.347 e. The van der Waals surface area contributed by atoms with E-state index in [2.05, 4.69) is 13.8 Å². The van der Waals surface area contributed by atoms with Crippen molar-refractivity contribution < 1.29 is 9.52 Å². The molecule has 30 heavy (non-hydrogen) atoms. The van der Waals surface area contributed by atoms with Gasteiger partial charge in [-0.2, -0.15) is 0 Å². The van der Waals surface area contributed by atoms with Crippen molar-refractivity contribution in [3.05, 3.63) is 40.4 Å². The van der Waals surface area contributed by atoms with E-state index in [-0.39, 0.29) is 5.75 Å². The van der Waals surface area contributed by atoms with Gasteiger partial charge < -0.3 is 9.52 Å². The maximum absolute atomic E-state index is 11.9. The molecule has 1 aromatic carbocycles. The number of hydrogen-bond acceptors (Lipinski definition) is 3. The van der Waals surface area contributed by atoms with Crippen LogP contribution in [0.15, 0.2) is 33.7 Å². The lowest BCUT2D eigenvalue weighted by molar-refractivity contribution is 0.473. The molecule has 0 aliphatic carbocycles. The summed E-state index contributed by atoms with van der Waals surface area (Å²) in [5.41, 5.74) is 0.668. The largest absolute Gasteiger partial charge is 0.507 e. The first kappa shape index (κ1) is 24.5. The molecule has 0 fully saturated rings. The van der Waals surface area contributed by atoms with Crippen molar-refractivity contribution in [2.75, 3.05) is 0 Å². The van der Waals surface area contributed by atoms with Crippen molar-refractivity contribution in [1.29, 1.82) is 0 Å². The number of aromatic hydroxyl groups is 1. The molecule has 1 aromatic heterocycles. The summed E-state index contributed by atoms with van der Waals surface area (Å²) in [5.74, 6) is 0.374. The first-order chi connectivity index (χ1) is 14.6. The molecular formula is C27H42O3. The van der Waals surface area contributed by atoms with E-state index in [4.69, 9.17) is 4.42 Å². The Morgan fingerprint density at radius 1 is 0.800 bits per heavy atom. The quantitative estimate of drug-likeness (QED) is 0.280. The molecule has 168 valence electrons. The zero-order chi connectivity index (χ0) is 21.6. The second-order valence-electron chi connectivity index (χ2n) is 8.96. The van der Waals surface area contributed by atoms with Gasteiger partial charge in [-0.3, -0.25) is 0 Å². The average molecular weight is 415 g/mol. The molecule has 0 bridgehead atoms. The number of hydrogen-bond donors (Lipinski definition) is 1. The maximum atomic E-state index is 11.9. The van der Waals surface area contributed by atoms with E-state index in [0.29, 0.717) is 11.3 Å². The molecule has 3 heteroatoms. The second-order valence-corrected chi connectivity index (χ2v) is 8.96. The number of phenols is 1. The highest BCUT2D eigenvalue weighted by Crippen LogP contribution is 2.32. The van der Waals surface area contributed by atoms with E-state index >= 15 is 0 Å². The lowest BCUT2D eigenvalue weighted by Crippen LogP contribution is -2.02. The smallest absolute Gasteiger partial charge is 0.347 e. The summed E-state index contributed by atoms with van der Waals surface area (Å²) in [6.07, 6.45) is 21.8. The van der Waals surface area contributed by atoms with Crippen LogP contribution < -0.4 is 5.63 Å². The van der Waals surface area contributed by atoms with Gasteiger partial charge in [-0.1, -0.05) is 110 Å². The number of benzene rings is 1. The Morgan fingerprint density at radius 3 is 1.90 bits per heavy atom. The molecule has 1 heterocycles. The third kappa shape index (κ3) is 8.16. The second kappa shape index (κ2) is 14.3. The fraction of sp³-hybridized carbons (Fsp3) is 0.667. The highest BCUT2D eigenvalue weighted by molar-refractivity contribution is 5.89.